The van der Waals surface area contributed by atoms with E-state index in [0.717, 1.165) is 12.0 Å². The molecule has 1 unspecified atom stereocenters. The summed E-state index contributed by atoms with van der Waals surface area (Å²) in [7, 11) is 0. The Morgan fingerprint density at radius 1 is 1.19 bits per heavy atom. The molecule has 0 radical (unpaired) electrons. The fourth-order valence-corrected chi connectivity index (χ4v) is 5.11. The highest BCUT2D eigenvalue weighted by atomic mass is 35.5. The average molecular weight is 471 g/mol. The van der Waals surface area contributed by atoms with Gasteiger partial charge in [0, 0.05) is 39.7 Å². The number of halogens is 2. The third-order valence-corrected chi connectivity index (χ3v) is 6.54. The van der Waals surface area contributed by atoms with Crippen molar-refractivity contribution in [3.63, 3.8) is 0 Å². The zero-order valence-electron chi connectivity index (χ0n) is 18.2. The minimum atomic E-state index is -0.707. The Balaban J connectivity index is 2.06. The van der Waals surface area contributed by atoms with E-state index in [1.54, 1.807) is 48.2 Å². The summed E-state index contributed by atoms with van der Waals surface area (Å²) in [5.41, 5.74) is 3.35. The van der Waals surface area contributed by atoms with E-state index in [4.69, 9.17) is 23.2 Å². The molecule has 0 spiro atoms. The van der Waals surface area contributed by atoms with Crippen LogP contribution in [0.15, 0.2) is 47.7 Å². The third kappa shape index (κ3) is 3.96. The van der Waals surface area contributed by atoms with Crippen LogP contribution in [0.4, 0.5) is 11.4 Å². The number of aldehydes is 1. The van der Waals surface area contributed by atoms with Gasteiger partial charge in [0.05, 0.1) is 17.4 Å². The van der Waals surface area contributed by atoms with Crippen molar-refractivity contribution >= 4 is 52.6 Å². The van der Waals surface area contributed by atoms with E-state index >= 15 is 0 Å². The Morgan fingerprint density at radius 3 is 2.59 bits per heavy atom. The number of ketones is 1. The number of fused-ring (bicyclic) bond motifs is 1. The number of hydrogen-bond acceptors (Lipinski definition) is 4. The number of carbonyl (C=O) groups excluding carboxylic acids is 3. The van der Waals surface area contributed by atoms with Gasteiger partial charge in [-0.15, -0.1) is 0 Å². The quantitative estimate of drug-likeness (QED) is 0.529. The van der Waals surface area contributed by atoms with E-state index in [-0.39, 0.29) is 23.5 Å². The first kappa shape index (κ1) is 22.6. The summed E-state index contributed by atoms with van der Waals surface area (Å²) in [6.45, 7) is 5.87. The molecule has 2 aliphatic rings. The highest BCUT2D eigenvalue weighted by Gasteiger charge is 2.43. The molecule has 1 N–H and O–H groups in total. The van der Waals surface area contributed by atoms with Crippen LogP contribution in [0.2, 0.25) is 10.0 Å². The molecule has 1 aliphatic heterocycles. The Bertz CT molecular complexity index is 1170. The molecule has 0 fully saturated rings. The highest BCUT2D eigenvalue weighted by molar-refractivity contribution is 6.35. The number of Topliss-reactive ketones (excluding diaryl/α,β-unsaturated/α-hetero) is 1. The molecule has 0 aromatic heterocycles. The third-order valence-electron chi connectivity index (χ3n) is 5.98. The second-order valence-corrected chi connectivity index (χ2v) is 9.88. The van der Waals surface area contributed by atoms with E-state index in [9.17, 15) is 14.4 Å². The van der Waals surface area contributed by atoms with Gasteiger partial charge in [-0.25, -0.2) is 0 Å². The number of anilines is 2. The van der Waals surface area contributed by atoms with Crippen LogP contribution >= 0.6 is 23.2 Å². The maximum absolute atomic E-state index is 13.5. The molecule has 1 aliphatic carbocycles. The van der Waals surface area contributed by atoms with Gasteiger partial charge in [-0.2, -0.15) is 0 Å². The minimum Gasteiger partial charge on any atom is -0.357 e. The lowest BCUT2D eigenvalue weighted by molar-refractivity contribution is -0.119. The van der Waals surface area contributed by atoms with Crippen molar-refractivity contribution in [1.82, 2.24) is 0 Å². The monoisotopic (exact) mass is 470 g/mol. The largest absolute Gasteiger partial charge is 0.357 e. The SMILES string of the molecule is CCC(=O)N1c2ccc(C=O)cc2NC2=C(C(=O)CC(C)(C)C2)C1c1ccc(Cl)cc1Cl. The first-order valence-electron chi connectivity index (χ1n) is 10.5. The standard InChI is InChI=1S/C25H24Cl2N2O3/c1-4-22(32)29-20-8-5-14(13-30)9-18(20)28-19-11-25(2,3)12-21(31)23(19)24(29)16-7-6-15(26)10-17(16)27/h5-10,13,24,28H,4,11-12H2,1-3H3. The van der Waals surface area contributed by atoms with Crippen LogP contribution in [-0.4, -0.2) is 18.0 Å². The van der Waals surface area contributed by atoms with Gasteiger partial charge in [0.15, 0.2) is 5.78 Å². The van der Waals surface area contributed by atoms with Gasteiger partial charge in [-0.05, 0) is 47.7 Å². The second-order valence-electron chi connectivity index (χ2n) is 9.04. The van der Waals surface area contributed by atoms with Crippen molar-refractivity contribution in [2.24, 2.45) is 5.41 Å². The van der Waals surface area contributed by atoms with Gasteiger partial charge in [0.2, 0.25) is 5.91 Å². The molecule has 2 aromatic rings. The van der Waals surface area contributed by atoms with Crippen LogP contribution in [0.1, 0.15) is 62.0 Å². The summed E-state index contributed by atoms with van der Waals surface area (Å²) in [6, 6.07) is 9.52. The number of rotatable bonds is 3. The smallest absolute Gasteiger partial charge is 0.227 e. The van der Waals surface area contributed by atoms with Gasteiger partial charge in [0.25, 0.3) is 0 Å². The molecule has 0 saturated heterocycles. The molecular weight excluding hydrogens is 447 g/mol. The lowest BCUT2D eigenvalue weighted by Gasteiger charge is -2.37. The Kier molecular flexibility index (Phi) is 5.91. The van der Waals surface area contributed by atoms with E-state index in [2.05, 4.69) is 5.32 Å². The van der Waals surface area contributed by atoms with Crippen LogP contribution in [-0.2, 0) is 9.59 Å². The van der Waals surface area contributed by atoms with Crippen LogP contribution in [0, 0.1) is 5.41 Å². The summed E-state index contributed by atoms with van der Waals surface area (Å²) in [5, 5.41) is 4.25. The van der Waals surface area contributed by atoms with Crippen molar-refractivity contribution in [3.8, 4) is 0 Å². The summed E-state index contributed by atoms with van der Waals surface area (Å²) in [4.78, 5) is 39.9. The van der Waals surface area contributed by atoms with Crippen molar-refractivity contribution in [1.29, 1.82) is 0 Å². The van der Waals surface area contributed by atoms with Crippen LogP contribution < -0.4 is 10.2 Å². The fourth-order valence-electron chi connectivity index (χ4n) is 4.60. The van der Waals surface area contributed by atoms with Crippen molar-refractivity contribution in [3.05, 3.63) is 68.8 Å². The lowest BCUT2D eigenvalue weighted by atomic mass is 9.73. The first-order chi connectivity index (χ1) is 15.1. The number of amides is 1. The predicted molar refractivity (Wildman–Crippen MR) is 127 cm³/mol. The molecule has 0 bridgehead atoms. The summed E-state index contributed by atoms with van der Waals surface area (Å²) in [5.74, 6) is -0.189. The van der Waals surface area contributed by atoms with Gasteiger partial charge in [-0.1, -0.05) is 50.0 Å². The van der Waals surface area contributed by atoms with Crippen molar-refractivity contribution < 1.29 is 14.4 Å². The molecule has 1 heterocycles. The number of nitrogens with one attached hydrogen (secondary N) is 1. The van der Waals surface area contributed by atoms with E-state index in [0.29, 0.717) is 51.0 Å². The summed E-state index contributed by atoms with van der Waals surface area (Å²) in [6.07, 6.45) is 1.98. The zero-order chi connectivity index (χ0) is 23.2. The normalized spacial score (nSPS) is 19.6. The molecule has 2 aromatic carbocycles. The van der Waals surface area contributed by atoms with Gasteiger partial charge < -0.3 is 5.32 Å². The van der Waals surface area contributed by atoms with E-state index < -0.39 is 6.04 Å². The minimum absolute atomic E-state index is 0.0305. The maximum atomic E-state index is 13.5. The van der Waals surface area contributed by atoms with Gasteiger partial charge in [0.1, 0.15) is 6.29 Å². The molecular formula is C25H24Cl2N2O3. The molecule has 1 atom stereocenters. The van der Waals surface area contributed by atoms with Crippen LogP contribution in [0.5, 0.6) is 0 Å². The maximum Gasteiger partial charge on any atom is 0.227 e. The van der Waals surface area contributed by atoms with E-state index in [1.807, 2.05) is 13.8 Å². The fraction of sp³-hybridized carbons (Fsp3) is 0.320. The van der Waals surface area contributed by atoms with E-state index in [1.165, 1.54) is 0 Å². The van der Waals surface area contributed by atoms with Gasteiger partial charge >= 0.3 is 0 Å². The zero-order valence-corrected chi connectivity index (χ0v) is 19.7. The molecule has 0 saturated carbocycles. The summed E-state index contributed by atoms with van der Waals surface area (Å²) < 4.78 is 0. The second kappa shape index (κ2) is 8.38. The van der Waals surface area contributed by atoms with Gasteiger partial charge in [-0.3, -0.25) is 19.3 Å². The average Bonchev–Trinajstić information content (AvgIpc) is 2.85. The molecule has 4 rings (SSSR count). The van der Waals surface area contributed by atoms with Crippen LogP contribution in [0.3, 0.4) is 0 Å². The van der Waals surface area contributed by atoms with Crippen molar-refractivity contribution in [2.75, 3.05) is 10.2 Å². The number of benzene rings is 2. The Hall–Kier alpha value is -2.63. The molecule has 5 nitrogen and oxygen atoms in total. The number of carbonyl (C=O) groups is 3. The Labute approximate surface area is 197 Å². The topological polar surface area (TPSA) is 66.5 Å². The summed E-state index contributed by atoms with van der Waals surface area (Å²) >= 11 is 12.8. The molecule has 7 heteroatoms. The first-order valence-corrected chi connectivity index (χ1v) is 11.3. The van der Waals surface area contributed by atoms with Crippen LogP contribution in [0.25, 0.3) is 0 Å². The number of hydrogen-bond donors (Lipinski definition) is 1. The predicted octanol–water partition coefficient (Wildman–Crippen LogP) is 6.36. The molecule has 32 heavy (non-hydrogen) atoms. The van der Waals surface area contributed by atoms with Crippen molar-refractivity contribution in [2.45, 2.75) is 46.1 Å². The lowest BCUT2D eigenvalue weighted by Crippen LogP contribution is -2.39. The number of nitrogens with zero attached hydrogens (tertiary/aromatic N) is 1. The highest BCUT2D eigenvalue weighted by Crippen LogP contribution is 2.49. The molecule has 1 amide bonds. The number of allylic oxidation sites excluding steroid dienone is 1. The molecule has 166 valence electrons. The Morgan fingerprint density at radius 2 is 1.94 bits per heavy atom.